The Morgan fingerprint density at radius 3 is 1.28 bits per heavy atom. The molecule has 1 rings (SSSR count). The molecule has 0 aliphatic heterocycles. The van der Waals surface area contributed by atoms with E-state index in [1.54, 1.807) is 19.2 Å². The summed E-state index contributed by atoms with van der Waals surface area (Å²) in [5, 5.41) is 3.32. The second kappa shape index (κ2) is 34.6. The fourth-order valence-corrected chi connectivity index (χ4v) is 3.19. The summed E-state index contributed by atoms with van der Waals surface area (Å²) >= 11 is 0. The summed E-state index contributed by atoms with van der Waals surface area (Å²) in [5.74, 6) is -0.358. The van der Waals surface area contributed by atoms with Crippen LogP contribution < -0.4 is 56.7 Å². The monoisotopic (exact) mass is 643 g/mol. The molecule has 1 aromatic rings. The molecule has 0 saturated heterocycles. The van der Waals surface area contributed by atoms with Crippen molar-refractivity contribution in [3.8, 4) is 0 Å². The molecule has 0 unspecified atom stereocenters. The third-order valence-corrected chi connectivity index (χ3v) is 5.48. The maximum Gasteiger partial charge on any atom is 1.00 e. The van der Waals surface area contributed by atoms with Gasteiger partial charge in [-0.25, -0.2) is 4.79 Å². The zero-order chi connectivity index (χ0) is 30.2. The van der Waals surface area contributed by atoms with Gasteiger partial charge < -0.3 is 54.1 Å². The van der Waals surface area contributed by atoms with Gasteiger partial charge in [0.1, 0.15) is 6.61 Å². The Labute approximate surface area is 301 Å². The number of methoxy groups -OCH3 is 1. The van der Waals surface area contributed by atoms with Gasteiger partial charge >= 0.3 is 57.4 Å². The second-order valence-corrected chi connectivity index (χ2v) is 8.89. The summed E-state index contributed by atoms with van der Waals surface area (Å²) in [7, 11) is 1.64. The molecule has 0 heterocycles. The molecule has 0 aliphatic rings. The molecule has 0 bridgehead atoms. The number of rotatable bonds is 32. The molecule has 12 nitrogen and oxygen atoms in total. The summed E-state index contributed by atoms with van der Waals surface area (Å²) < 4.78 is 53.5. The normalized spacial score (nSPS) is 10.9. The van der Waals surface area contributed by atoms with E-state index in [-0.39, 0.29) is 65.4 Å². The molecule has 0 aliphatic carbocycles. The summed E-state index contributed by atoms with van der Waals surface area (Å²) in [6.07, 6.45) is 2.25. The summed E-state index contributed by atoms with van der Waals surface area (Å²) in [5.41, 5.74) is 1.52. The fourth-order valence-electron chi connectivity index (χ4n) is 3.19. The molecule has 0 radical (unpaired) electrons. The van der Waals surface area contributed by atoms with E-state index in [4.69, 9.17) is 47.4 Å². The van der Waals surface area contributed by atoms with Crippen molar-refractivity contribution in [2.75, 3.05) is 138 Å². The molecule has 246 valence electrons. The minimum absolute atomic E-state index is 0. The van der Waals surface area contributed by atoms with Gasteiger partial charge in [0.25, 0.3) is 0 Å². The smallest absolute Gasteiger partial charge is 1.00 e. The van der Waals surface area contributed by atoms with Crippen LogP contribution in [0.4, 0.5) is 5.69 Å². The topological polar surface area (TPSA) is 121 Å². The van der Waals surface area contributed by atoms with Crippen molar-refractivity contribution in [2.24, 2.45) is 0 Å². The molecule has 0 saturated carbocycles. The fraction of sp³-hybridized carbons (Fsp3) is 0.767. The Balaban J connectivity index is 0. The minimum atomic E-state index is -0.358. The van der Waals surface area contributed by atoms with Gasteiger partial charge in [-0.1, -0.05) is 13.3 Å². The van der Waals surface area contributed by atoms with Gasteiger partial charge in [0, 0.05) is 19.3 Å². The van der Waals surface area contributed by atoms with Crippen molar-refractivity contribution >= 4 is 11.7 Å². The number of esters is 1. The van der Waals surface area contributed by atoms with E-state index >= 15 is 0 Å². The van der Waals surface area contributed by atoms with E-state index in [1.165, 1.54) is 0 Å². The van der Waals surface area contributed by atoms with Crippen LogP contribution in [0, 0.1) is 0 Å². The molecule has 1 aromatic carbocycles. The van der Waals surface area contributed by atoms with E-state index in [1.807, 2.05) is 12.1 Å². The summed E-state index contributed by atoms with van der Waals surface area (Å²) in [6, 6.07) is 7.29. The number of hydrogen-bond acceptors (Lipinski definition) is 12. The Bertz CT molecular complexity index is 723. The van der Waals surface area contributed by atoms with E-state index in [0.717, 1.165) is 25.1 Å². The third-order valence-electron chi connectivity index (χ3n) is 5.48. The minimum Gasteiger partial charge on any atom is -1.00 e. The molecule has 0 spiro atoms. The first kappa shape index (κ1) is 42.8. The SMILES string of the molecule is CCCCNc1ccc(C(=O)OCCOCCOCCOCCOCCOCCOCCOCCOCCOC)cc1.[H-].[K+]. The first-order valence-corrected chi connectivity index (χ1v) is 14.9. The average Bonchev–Trinajstić information content (AvgIpc) is 3.01. The predicted octanol–water partition coefficient (Wildman–Crippen LogP) is -0.0489. The van der Waals surface area contributed by atoms with Gasteiger partial charge in [0.15, 0.2) is 0 Å². The first-order chi connectivity index (χ1) is 20.8. The van der Waals surface area contributed by atoms with Crippen LogP contribution in [0.2, 0.25) is 0 Å². The molecule has 0 amide bonds. The van der Waals surface area contributed by atoms with Gasteiger partial charge in [-0.15, -0.1) is 0 Å². The van der Waals surface area contributed by atoms with Crippen LogP contribution in [0.3, 0.4) is 0 Å². The summed E-state index contributed by atoms with van der Waals surface area (Å²) in [6.45, 7) is 11.7. The molecule has 43 heavy (non-hydrogen) atoms. The molecule has 0 aromatic heterocycles. The number of carbonyl (C=O) groups is 1. The van der Waals surface area contributed by atoms with Crippen molar-refractivity contribution in [2.45, 2.75) is 19.8 Å². The third kappa shape index (κ3) is 28.9. The Morgan fingerprint density at radius 1 is 0.581 bits per heavy atom. The van der Waals surface area contributed by atoms with E-state index in [0.29, 0.717) is 118 Å². The van der Waals surface area contributed by atoms with Crippen molar-refractivity contribution in [3.05, 3.63) is 29.8 Å². The average molecular weight is 644 g/mol. The Kier molecular flexibility index (Phi) is 34.4. The van der Waals surface area contributed by atoms with Crippen LogP contribution in [-0.4, -0.2) is 139 Å². The maximum absolute atomic E-state index is 12.1. The molecule has 13 heteroatoms. The van der Waals surface area contributed by atoms with Crippen LogP contribution in [0.15, 0.2) is 24.3 Å². The van der Waals surface area contributed by atoms with Crippen LogP contribution in [0.25, 0.3) is 0 Å². The van der Waals surface area contributed by atoms with Crippen LogP contribution in [0.5, 0.6) is 0 Å². The Hall–Kier alpha value is -0.234. The Morgan fingerprint density at radius 2 is 0.930 bits per heavy atom. The van der Waals surface area contributed by atoms with Crippen molar-refractivity contribution in [3.63, 3.8) is 0 Å². The zero-order valence-corrected chi connectivity index (χ0v) is 29.8. The number of hydrogen-bond donors (Lipinski definition) is 1. The van der Waals surface area contributed by atoms with Gasteiger partial charge in [-0.05, 0) is 30.7 Å². The van der Waals surface area contributed by atoms with Crippen LogP contribution >= 0.6 is 0 Å². The van der Waals surface area contributed by atoms with Gasteiger partial charge in [0.2, 0.25) is 0 Å². The van der Waals surface area contributed by atoms with E-state index < -0.39 is 0 Å². The van der Waals surface area contributed by atoms with Crippen LogP contribution in [-0.2, 0) is 47.4 Å². The number of nitrogens with one attached hydrogen (secondary N) is 1. The first-order valence-electron chi connectivity index (χ1n) is 14.9. The van der Waals surface area contributed by atoms with Crippen molar-refractivity contribution in [1.29, 1.82) is 0 Å². The number of ether oxygens (including phenoxy) is 10. The number of benzene rings is 1. The number of anilines is 1. The molecule has 0 atom stereocenters. The molecular formula is C30H54KNO11. The largest absolute Gasteiger partial charge is 1.00 e. The second-order valence-electron chi connectivity index (χ2n) is 8.89. The van der Waals surface area contributed by atoms with Crippen LogP contribution in [0.1, 0.15) is 31.6 Å². The zero-order valence-electron chi connectivity index (χ0n) is 27.6. The number of unbranched alkanes of at least 4 members (excludes halogenated alkanes) is 1. The molecule has 1 N–H and O–H groups in total. The van der Waals surface area contributed by atoms with Gasteiger partial charge in [0.05, 0.1) is 118 Å². The van der Waals surface area contributed by atoms with Crippen molar-refractivity contribution < 1.29 is 105 Å². The standard InChI is InChI=1S/C30H53NO11.K.H/c1-3-4-9-31-29-7-5-28(6-8-29)30(32)42-27-26-41-25-24-40-23-22-39-21-20-38-19-18-37-17-16-36-15-14-35-13-12-34-11-10-33-2;;/h5-8,31H,3-4,9-27H2,1-2H3;;/q;+1;-1. The summed E-state index contributed by atoms with van der Waals surface area (Å²) in [4.78, 5) is 12.1. The van der Waals surface area contributed by atoms with Gasteiger partial charge in [-0.2, -0.15) is 0 Å². The number of carbonyl (C=O) groups excluding carboxylic acids is 1. The maximum atomic E-state index is 12.1. The quantitative estimate of drug-likeness (QED) is 0.0644. The molecular weight excluding hydrogens is 589 g/mol. The van der Waals surface area contributed by atoms with E-state index in [9.17, 15) is 4.79 Å². The van der Waals surface area contributed by atoms with E-state index in [2.05, 4.69) is 12.2 Å². The van der Waals surface area contributed by atoms with Crippen molar-refractivity contribution in [1.82, 2.24) is 0 Å². The predicted molar refractivity (Wildman–Crippen MR) is 160 cm³/mol. The van der Waals surface area contributed by atoms with Gasteiger partial charge in [-0.3, -0.25) is 0 Å². The molecule has 0 fully saturated rings.